The molecule has 294 valence electrons. The van der Waals surface area contributed by atoms with Crippen LogP contribution in [0.5, 0.6) is 0 Å². The zero-order valence-electron chi connectivity index (χ0n) is 34.7. The van der Waals surface area contributed by atoms with Crippen LogP contribution in [0.15, 0.2) is 127 Å². The first-order valence-corrected chi connectivity index (χ1v) is 24.2. The van der Waals surface area contributed by atoms with Gasteiger partial charge < -0.3 is 55.0 Å². The van der Waals surface area contributed by atoms with Gasteiger partial charge in [0.15, 0.2) is 0 Å². The molecule has 0 bridgehead atoms. The van der Waals surface area contributed by atoms with Crippen molar-refractivity contribution in [2.45, 2.75) is 41.5 Å². The van der Waals surface area contributed by atoms with Gasteiger partial charge in [-0.3, -0.25) is 0 Å². The van der Waals surface area contributed by atoms with Crippen LogP contribution in [-0.2, 0) is 78.6 Å². The quantitative estimate of drug-likeness (QED) is 0.149. The Labute approximate surface area is 412 Å². The SMILES string of the molecule is C[C-](C)CP(C)C.C[C-](C)CP(C)C.C[C-](C)CP(C)C.[Cl-].[Cl-].[Cl-].[Zr+2].[Zr+2].[Zr+2].c1ccc2[cH-]ccc2c1.c1ccc2[cH-]ccc2c1.c1ccc2[cH-]ccc2c1. The summed E-state index contributed by atoms with van der Waals surface area (Å²) in [7, 11) is 0.969. The van der Waals surface area contributed by atoms with Gasteiger partial charge in [0.1, 0.15) is 0 Å². The molecule has 0 unspecified atom stereocenters. The van der Waals surface area contributed by atoms with Crippen LogP contribution in [0, 0.1) is 17.8 Å². The van der Waals surface area contributed by atoms with E-state index < -0.39 is 0 Å². The molecule has 0 N–H and O–H groups in total. The van der Waals surface area contributed by atoms with E-state index in [1.54, 1.807) is 17.8 Å². The molecule has 0 aromatic heterocycles. The molecule has 0 aliphatic carbocycles. The van der Waals surface area contributed by atoms with Gasteiger partial charge in [-0.2, -0.15) is 113 Å². The van der Waals surface area contributed by atoms with Crippen molar-refractivity contribution in [3.63, 3.8) is 0 Å². The number of fused-ring (bicyclic) bond motifs is 3. The summed E-state index contributed by atoms with van der Waals surface area (Å²) in [6.07, 6.45) is 4.03. The smallest absolute Gasteiger partial charge is 1.00 e. The first-order chi connectivity index (χ1) is 22.8. The predicted molar refractivity (Wildman–Crippen MR) is 233 cm³/mol. The Kier molecular flexibility index (Phi) is 51.0. The van der Waals surface area contributed by atoms with E-state index in [4.69, 9.17) is 0 Å². The molecule has 6 aromatic carbocycles. The van der Waals surface area contributed by atoms with Crippen molar-refractivity contribution >= 4 is 56.1 Å². The van der Waals surface area contributed by atoms with E-state index in [1.165, 1.54) is 50.8 Å². The fraction of sp³-hybridized carbons (Fsp3) is 0.333. The fourth-order valence-corrected chi connectivity index (χ4v) is 8.90. The molecule has 6 rings (SSSR count). The van der Waals surface area contributed by atoms with Crippen LogP contribution in [0.1, 0.15) is 41.5 Å². The molecule has 0 aliphatic rings. The van der Waals surface area contributed by atoms with Crippen LogP contribution in [0.25, 0.3) is 32.3 Å². The standard InChI is InChI=1S/3C9H7.3C6H14P.3ClH.3Zr/c3*1-2-5-9-7-3-6-8(9)4-1;3*1-6(2)5-7(3)4;;;;;;/h3*1-7H;3*5H2,1-4H3;3*1H;;;/q6*-1;;;;3*+2/p-3. The van der Waals surface area contributed by atoms with Gasteiger partial charge in [0.05, 0.1) is 0 Å². The maximum atomic E-state index is 2.31. The monoisotopic (exact) mass is 1070 g/mol. The summed E-state index contributed by atoms with van der Waals surface area (Å²) < 4.78 is 0. The van der Waals surface area contributed by atoms with Crippen molar-refractivity contribution in [3.8, 4) is 0 Å². The predicted octanol–water partition coefficient (Wildman–Crippen LogP) is 5.71. The normalized spacial score (nSPS) is 9.44. The minimum atomic E-state index is 0. The summed E-state index contributed by atoms with van der Waals surface area (Å²) in [5.41, 5.74) is 0. The summed E-state index contributed by atoms with van der Waals surface area (Å²) in [5, 5.41) is 7.99. The van der Waals surface area contributed by atoms with Gasteiger partial charge in [0.25, 0.3) is 0 Å². The number of hydrogen-bond acceptors (Lipinski definition) is 0. The molecule has 0 atom stereocenters. The van der Waals surface area contributed by atoms with E-state index in [-0.39, 0.29) is 116 Å². The summed E-state index contributed by atoms with van der Waals surface area (Å²) >= 11 is 0. The Morgan fingerprint density at radius 2 is 0.574 bits per heavy atom. The van der Waals surface area contributed by atoms with Gasteiger partial charge in [-0.05, 0) is 40.0 Å². The molecule has 0 saturated heterocycles. The third-order valence-electron chi connectivity index (χ3n) is 6.54. The number of hydrogen-bond donors (Lipinski definition) is 0. The van der Waals surface area contributed by atoms with Crippen molar-refractivity contribution in [1.82, 2.24) is 0 Å². The topological polar surface area (TPSA) is 0 Å². The largest absolute Gasteiger partial charge is 2.00 e. The second kappa shape index (κ2) is 41.1. The van der Waals surface area contributed by atoms with E-state index in [9.17, 15) is 0 Å². The van der Waals surface area contributed by atoms with Gasteiger partial charge >= 0.3 is 78.6 Å². The summed E-state index contributed by atoms with van der Waals surface area (Å²) in [6.45, 7) is 27.0. The Morgan fingerprint density at radius 3 is 0.722 bits per heavy atom. The average Bonchev–Trinajstić information content (AvgIpc) is 3.77. The average molecular weight is 1080 g/mol. The summed E-state index contributed by atoms with van der Waals surface area (Å²) in [4.78, 5) is 0. The molecule has 0 aliphatic heterocycles. The van der Waals surface area contributed by atoms with Gasteiger partial charge in [-0.1, -0.05) is 18.2 Å². The molecule has 0 heterocycles. The Morgan fingerprint density at radius 1 is 0.370 bits per heavy atom. The maximum absolute atomic E-state index is 2.31. The molecular weight excluding hydrogens is 1010 g/mol. The molecule has 0 nitrogen and oxygen atoms in total. The molecular formula is C45H63Cl3P3Zr3-3. The molecule has 54 heavy (non-hydrogen) atoms. The van der Waals surface area contributed by atoms with Crippen LogP contribution in [0.4, 0.5) is 0 Å². The van der Waals surface area contributed by atoms with E-state index in [0.717, 1.165) is 0 Å². The van der Waals surface area contributed by atoms with Crippen molar-refractivity contribution in [3.05, 3.63) is 145 Å². The van der Waals surface area contributed by atoms with Crippen molar-refractivity contribution in [2.75, 3.05) is 58.5 Å². The molecule has 6 aromatic rings. The molecule has 0 radical (unpaired) electrons. The molecule has 9 heteroatoms. The van der Waals surface area contributed by atoms with E-state index in [0.29, 0.717) is 23.8 Å². The zero-order chi connectivity index (χ0) is 35.9. The van der Waals surface area contributed by atoms with Crippen LogP contribution < -0.4 is 37.2 Å². The summed E-state index contributed by atoms with van der Waals surface area (Å²) in [5.74, 6) is 4.70. The Hall–Kier alpha value is 1.30. The minimum absolute atomic E-state index is 0. The number of halogens is 3. The van der Waals surface area contributed by atoms with Crippen molar-refractivity contribution in [1.29, 1.82) is 0 Å². The van der Waals surface area contributed by atoms with Gasteiger partial charge in [0, 0.05) is 0 Å². The van der Waals surface area contributed by atoms with Crippen molar-refractivity contribution in [2.24, 2.45) is 0 Å². The van der Waals surface area contributed by atoms with Crippen LogP contribution in [-0.4, -0.2) is 58.5 Å². The first kappa shape index (κ1) is 67.1. The third-order valence-corrected chi connectivity index (χ3v) is 10.3. The molecule has 0 amide bonds. The second-order valence-corrected chi connectivity index (χ2v) is 21.2. The minimum Gasteiger partial charge on any atom is -1.00 e. The maximum Gasteiger partial charge on any atom is 2.00 e. The summed E-state index contributed by atoms with van der Waals surface area (Å²) in [6, 6.07) is 44.0. The van der Waals surface area contributed by atoms with Crippen molar-refractivity contribution < 1.29 is 116 Å². The number of benzene rings is 3. The van der Waals surface area contributed by atoms with Crippen LogP contribution in [0.3, 0.4) is 0 Å². The zero-order valence-corrected chi connectivity index (χ0v) is 47.0. The van der Waals surface area contributed by atoms with E-state index >= 15 is 0 Å². The van der Waals surface area contributed by atoms with Gasteiger partial charge in [-0.25, -0.2) is 0 Å². The fourth-order valence-electron chi connectivity index (χ4n) is 5.11. The van der Waals surface area contributed by atoms with E-state index in [2.05, 4.69) is 209 Å². The Balaban J connectivity index is -0.000000126. The van der Waals surface area contributed by atoms with E-state index in [1.807, 2.05) is 0 Å². The molecule has 0 spiro atoms. The van der Waals surface area contributed by atoms with Gasteiger partial charge in [0.2, 0.25) is 0 Å². The third kappa shape index (κ3) is 35.3. The van der Waals surface area contributed by atoms with Crippen LogP contribution in [0.2, 0.25) is 0 Å². The Bertz CT molecular complexity index is 1310. The van der Waals surface area contributed by atoms with Crippen LogP contribution >= 0.6 is 23.8 Å². The number of rotatable bonds is 6. The van der Waals surface area contributed by atoms with Gasteiger partial charge in [-0.15, -0.1) is 113 Å². The first-order valence-electron chi connectivity index (χ1n) is 16.9. The molecule has 0 saturated carbocycles. The second-order valence-electron chi connectivity index (χ2n) is 13.8. The molecule has 0 fully saturated rings.